The summed E-state index contributed by atoms with van der Waals surface area (Å²) in [6, 6.07) is 7.27. The van der Waals surface area contributed by atoms with Gasteiger partial charge in [0, 0.05) is 6.42 Å². The zero-order valence-corrected chi connectivity index (χ0v) is 7.95. The lowest BCUT2D eigenvalue weighted by Gasteiger charge is -2.04. The summed E-state index contributed by atoms with van der Waals surface area (Å²) in [5.74, 6) is -0.929. The quantitative estimate of drug-likeness (QED) is 0.792. The summed E-state index contributed by atoms with van der Waals surface area (Å²) < 4.78 is 0. The lowest BCUT2D eigenvalue weighted by atomic mass is 10.0. The summed E-state index contributed by atoms with van der Waals surface area (Å²) in [7, 11) is 0. The van der Waals surface area contributed by atoms with Crippen LogP contribution in [0, 0.1) is 18.3 Å². The number of rotatable bonds is 3. The minimum atomic E-state index is -0.929. The summed E-state index contributed by atoms with van der Waals surface area (Å²) in [4.78, 5) is 10.9. The fourth-order valence-corrected chi connectivity index (χ4v) is 1.30. The van der Waals surface area contributed by atoms with Crippen LogP contribution in [0.25, 0.3) is 0 Å². The first-order valence-corrected chi connectivity index (χ1v) is 4.35. The van der Waals surface area contributed by atoms with Crippen LogP contribution in [-0.4, -0.2) is 11.1 Å². The third kappa shape index (κ3) is 2.33. The van der Waals surface area contributed by atoms with Crippen LogP contribution < -0.4 is 0 Å². The van der Waals surface area contributed by atoms with Crippen molar-refractivity contribution in [3.05, 3.63) is 34.9 Å². The molecule has 0 aromatic heterocycles. The molecule has 3 heteroatoms. The van der Waals surface area contributed by atoms with Gasteiger partial charge in [-0.05, 0) is 25.0 Å². The number of hydrogen-bond donors (Lipinski definition) is 1. The molecule has 0 saturated heterocycles. The van der Waals surface area contributed by atoms with Crippen molar-refractivity contribution in [3.63, 3.8) is 0 Å². The van der Waals surface area contributed by atoms with Gasteiger partial charge in [0.25, 0.3) is 0 Å². The highest BCUT2D eigenvalue weighted by Crippen LogP contribution is 2.13. The van der Waals surface area contributed by atoms with Gasteiger partial charge in [0.2, 0.25) is 0 Å². The van der Waals surface area contributed by atoms with Crippen molar-refractivity contribution in [2.45, 2.75) is 19.8 Å². The molecule has 0 saturated carbocycles. The summed E-state index contributed by atoms with van der Waals surface area (Å²) >= 11 is 0. The van der Waals surface area contributed by atoms with E-state index in [2.05, 4.69) is 0 Å². The van der Waals surface area contributed by atoms with Gasteiger partial charge < -0.3 is 5.11 Å². The summed E-state index contributed by atoms with van der Waals surface area (Å²) in [6.07, 6.45) is 0.849. The number of nitrogens with zero attached hydrogens (tertiary/aromatic N) is 1. The van der Waals surface area contributed by atoms with Crippen molar-refractivity contribution in [1.82, 2.24) is 0 Å². The van der Waals surface area contributed by atoms with E-state index in [1.165, 1.54) is 0 Å². The molecule has 72 valence electrons. The van der Waals surface area contributed by atoms with Gasteiger partial charge in [-0.1, -0.05) is 17.7 Å². The molecule has 1 N–H and O–H groups in total. The van der Waals surface area contributed by atoms with Gasteiger partial charge >= 0.3 is 5.97 Å². The molecule has 0 unspecified atom stereocenters. The topological polar surface area (TPSA) is 61.1 Å². The highest BCUT2D eigenvalue weighted by Gasteiger charge is 2.09. The highest BCUT2D eigenvalue weighted by atomic mass is 16.4. The van der Waals surface area contributed by atoms with Crippen molar-refractivity contribution >= 4 is 5.97 Å². The molecule has 1 rings (SSSR count). The monoisotopic (exact) mass is 189 g/mol. The normalized spacial score (nSPS) is 9.43. The van der Waals surface area contributed by atoms with E-state index in [0.29, 0.717) is 18.4 Å². The molecular formula is C11H11NO2. The molecule has 0 amide bonds. The average Bonchev–Trinajstić information content (AvgIpc) is 2.15. The summed E-state index contributed by atoms with van der Waals surface area (Å²) in [6.45, 7) is 1.85. The van der Waals surface area contributed by atoms with Crippen molar-refractivity contribution in [1.29, 1.82) is 5.26 Å². The van der Waals surface area contributed by atoms with Crippen LogP contribution in [0.3, 0.4) is 0 Å². The fraction of sp³-hybridized carbons (Fsp3) is 0.273. The molecule has 0 heterocycles. The SMILES string of the molecule is Cc1ccc(CCC#N)c(C(=O)O)c1. The first-order chi connectivity index (χ1) is 6.65. The molecule has 14 heavy (non-hydrogen) atoms. The van der Waals surface area contributed by atoms with Crippen molar-refractivity contribution < 1.29 is 9.90 Å². The van der Waals surface area contributed by atoms with Gasteiger partial charge in [0.15, 0.2) is 0 Å². The Hall–Kier alpha value is -1.82. The highest BCUT2D eigenvalue weighted by molar-refractivity contribution is 5.89. The Kier molecular flexibility index (Phi) is 3.24. The number of aryl methyl sites for hydroxylation is 2. The third-order valence-corrected chi connectivity index (χ3v) is 2.00. The number of carbonyl (C=O) groups is 1. The van der Waals surface area contributed by atoms with Crippen molar-refractivity contribution in [3.8, 4) is 6.07 Å². The molecule has 0 fully saturated rings. The van der Waals surface area contributed by atoms with Gasteiger partial charge in [-0.2, -0.15) is 5.26 Å². The molecule has 0 bridgehead atoms. The number of benzene rings is 1. The minimum absolute atomic E-state index is 0.306. The molecular weight excluding hydrogens is 178 g/mol. The molecule has 0 aliphatic rings. The van der Waals surface area contributed by atoms with Gasteiger partial charge in [0.1, 0.15) is 0 Å². The van der Waals surface area contributed by atoms with Crippen LogP contribution in [0.1, 0.15) is 27.9 Å². The Balaban J connectivity index is 3.03. The molecule has 0 radical (unpaired) electrons. The standard InChI is InChI=1S/C11H11NO2/c1-8-4-5-9(3-2-6-12)10(7-8)11(13)14/h4-5,7H,2-3H2,1H3,(H,13,14). The molecule has 1 aromatic rings. The summed E-state index contributed by atoms with van der Waals surface area (Å²) in [5, 5.41) is 17.3. The number of carboxylic acid groups (broad SMARTS) is 1. The molecule has 0 aliphatic carbocycles. The minimum Gasteiger partial charge on any atom is -0.478 e. The van der Waals surface area contributed by atoms with Crippen LogP contribution in [0.5, 0.6) is 0 Å². The Labute approximate surface area is 82.6 Å². The Morgan fingerprint density at radius 2 is 2.29 bits per heavy atom. The number of aromatic carboxylic acids is 1. The molecule has 1 aromatic carbocycles. The van der Waals surface area contributed by atoms with E-state index >= 15 is 0 Å². The zero-order chi connectivity index (χ0) is 10.6. The van der Waals surface area contributed by atoms with E-state index in [1.54, 1.807) is 12.1 Å². The number of carboxylic acids is 1. The summed E-state index contributed by atoms with van der Waals surface area (Å²) in [5.41, 5.74) is 1.95. The van der Waals surface area contributed by atoms with Crippen molar-refractivity contribution in [2.24, 2.45) is 0 Å². The maximum atomic E-state index is 10.9. The first kappa shape index (κ1) is 10.3. The smallest absolute Gasteiger partial charge is 0.335 e. The maximum Gasteiger partial charge on any atom is 0.335 e. The van der Waals surface area contributed by atoms with E-state index in [0.717, 1.165) is 11.1 Å². The lowest BCUT2D eigenvalue weighted by molar-refractivity contribution is 0.0695. The predicted octanol–water partition coefficient (Wildman–Crippen LogP) is 2.15. The lowest BCUT2D eigenvalue weighted by Crippen LogP contribution is -2.02. The average molecular weight is 189 g/mol. The van der Waals surface area contributed by atoms with Crippen LogP contribution in [0.4, 0.5) is 0 Å². The largest absolute Gasteiger partial charge is 0.478 e. The van der Waals surface area contributed by atoms with Gasteiger partial charge in [-0.25, -0.2) is 4.79 Å². The van der Waals surface area contributed by atoms with Crippen LogP contribution in [0.2, 0.25) is 0 Å². The second-order valence-corrected chi connectivity index (χ2v) is 3.12. The number of nitriles is 1. The zero-order valence-electron chi connectivity index (χ0n) is 7.95. The Morgan fingerprint density at radius 1 is 1.57 bits per heavy atom. The van der Waals surface area contributed by atoms with E-state index in [4.69, 9.17) is 10.4 Å². The van der Waals surface area contributed by atoms with E-state index in [1.807, 2.05) is 19.1 Å². The third-order valence-electron chi connectivity index (χ3n) is 2.00. The van der Waals surface area contributed by atoms with E-state index < -0.39 is 5.97 Å². The Bertz CT molecular complexity index is 391. The van der Waals surface area contributed by atoms with Crippen molar-refractivity contribution in [2.75, 3.05) is 0 Å². The molecule has 0 atom stereocenters. The van der Waals surface area contributed by atoms with E-state index in [9.17, 15) is 4.79 Å². The van der Waals surface area contributed by atoms with Gasteiger partial charge in [-0.3, -0.25) is 0 Å². The molecule has 0 aliphatic heterocycles. The molecule has 3 nitrogen and oxygen atoms in total. The fourth-order valence-electron chi connectivity index (χ4n) is 1.30. The van der Waals surface area contributed by atoms with E-state index in [-0.39, 0.29) is 0 Å². The van der Waals surface area contributed by atoms with Gasteiger partial charge in [-0.15, -0.1) is 0 Å². The van der Waals surface area contributed by atoms with Crippen LogP contribution in [0.15, 0.2) is 18.2 Å². The predicted molar refractivity (Wildman–Crippen MR) is 52.1 cm³/mol. The first-order valence-electron chi connectivity index (χ1n) is 4.35. The van der Waals surface area contributed by atoms with Crippen LogP contribution in [-0.2, 0) is 6.42 Å². The second kappa shape index (κ2) is 4.43. The van der Waals surface area contributed by atoms with Gasteiger partial charge in [0.05, 0.1) is 11.6 Å². The molecule has 0 spiro atoms. The number of hydrogen-bond acceptors (Lipinski definition) is 2. The Morgan fingerprint density at radius 3 is 2.86 bits per heavy atom. The maximum absolute atomic E-state index is 10.9. The van der Waals surface area contributed by atoms with Crippen LogP contribution >= 0.6 is 0 Å². The second-order valence-electron chi connectivity index (χ2n) is 3.12.